The first-order chi connectivity index (χ1) is 11.5. The zero-order valence-electron chi connectivity index (χ0n) is 13.8. The van der Waals surface area contributed by atoms with Gasteiger partial charge in [-0.1, -0.05) is 11.6 Å². The van der Waals surface area contributed by atoms with Crippen molar-refractivity contribution in [2.45, 2.75) is 48.5 Å². The molecule has 0 bridgehead atoms. The van der Waals surface area contributed by atoms with Crippen molar-refractivity contribution in [1.82, 2.24) is 10.2 Å². The predicted octanol–water partition coefficient (Wildman–Crippen LogP) is 1.42. The Morgan fingerprint density at radius 2 is 2.04 bits per heavy atom. The third-order valence-electron chi connectivity index (χ3n) is 4.58. The lowest BCUT2D eigenvalue weighted by Gasteiger charge is -2.51. The lowest BCUT2D eigenvalue weighted by molar-refractivity contribution is -0.168. The van der Waals surface area contributed by atoms with Crippen LogP contribution in [0.25, 0.3) is 0 Å². The number of thioether (sulfide) groups is 1. The van der Waals surface area contributed by atoms with Gasteiger partial charge in [0.1, 0.15) is 23.0 Å². The number of nitrogens with zero attached hydrogens (tertiary/aromatic N) is 1. The van der Waals surface area contributed by atoms with Crippen LogP contribution in [0.3, 0.4) is 0 Å². The van der Waals surface area contributed by atoms with Gasteiger partial charge < -0.3 is 21.1 Å². The molecule has 1 aromatic rings. The van der Waals surface area contributed by atoms with Gasteiger partial charge in [-0.2, -0.15) is 0 Å². The van der Waals surface area contributed by atoms with Crippen molar-refractivity contribution >= 4 is 52.5 Å². The Morgan fingerprint density at radius 1 is 1.40 bits per heavy atom. The zero-order chi connectivity index (χ0) is 18.7. The summed E-state index contributed by atoms with van der Waals surface area (Å²) < 4.78 is -0.134. The van der Waals surface area contributed by atoms with E-state index in [1.54, 1.807) is 32.9 Å². The van der Waals surface area contributed by atoms with Gasteiger partial charge in [0, 0.05) is 9.62 Å². The summed E-state index contributed by atoms with van der Waals surface area (Å²) in [5, 5.41) is 11.7. The van der Waals surface area contributed by atoms with Gasteiger partial charge in [0.15, 0.2) is 0 Å². The molecule has 2 fully saturated rings. The summed E-state index contributed by atoms with van der Waals surface area (Å²) in [6.07, 6.45) is 0. The molecule has 4 atom stereocenters. The van der Waals surface area contributed by atoms with Crippen LogP contribution >= 0.6 is 34.7 Å². The van der Waals surface area contributed by atoms with Crippen LogP contribution in [0.5, 0.6) is 0 Å². The molecule has 136 valence electrons. The standard InChI is InChI=1S/C15H18ClN3O4S2/c1-14(2)9(11(21)22)19-12(23)15(3,13(19)25-14)18-10(20)8(17)6-4-5-7(16)24-6/h4-5,8-9,13H,17H2,1-3H3,(H,18,20)(H,21,22)/t8?,9-,13+,15?/m0/s1. The zero-order valence-corrected chi connectivity index (χ0v) is 16.2. The van der Waals surface area contributed by atoms with Gasteiger partial charge in [-0.25, -0.2) is 4.79 Å². The van der Waals surface area contributed by atoms with Crippen molar-refractivity contribution in [3.05, 3.63) is 21.3 Å². The Balaban J connectivity index is 1.79. The van der Waals surface area contributed by atoms with Crippen LogP contribution < -0.4 is 11.1 Å². The highest BCUT2D eigenvalue weighted by Gasteiger charge is 2.70. The quantitative estimate of drug-likeness (QED) is 0.655. The first kappa shape index (κ1) is 18.5. The highest BCUT2D eigenvalue weighted by Crippen LogP contribution is 2.54. The van der Waals surface area contributed by atoms with Crippen molar-refractivity contribution in [3.8, 4) is 0 Å². The minimum atomic E-state index is -1.18. The van der Waals surface area contributed by atoms with Crippen LogP contribution in [-0.2, 0) is 14.4 Å². The number of nitrogens with two attached hydrogens (primary N) is 1. The molecule has 0 aromatic carbocycles. The first-order valence-electron chi connectivity index (χ1n) is 7.55. The van der Waals surface area contributed by atoms with Crippen LogP contribution in [0.4, 0.5) is 0 Å². The lowest BCUT2D eigenvalue weighted by Crippen LogP contribution is -2.78. The Hall–Kier alpha value is -1.29. The smallest absolute Gasteiger partial charge is 0.327 e. The van der Waals surface area contributed by atoms with Crippen molar-refractivity contribution < 1.29 is 19.5 Å². The van der Waals surface area contributed by atoms with Gasteiger partial charge in [-0.05, 0) is 32.9 Å². The normalized spacial score (nSPS) is 31.2. The van der Waals surface area contributed by atoms with Crippen molar-refractivity contribution in [2.75, 3.05) is 0 Å². The van der Waals surface area contributed by atoms with Gasteiger partial charge in [0.05, 0.1) is 4.34 Å². The molecular weight excluding hydrogens is 386 g/mol. The monoisotopic (exact) mass is 403 g/mol. The van der Waals surface area contributed by atoms with Crippen LogP contribution in [0, 0.1) is 0 Å². The second-order valence-corrected chi connectivity index (χ2v) is 10.3. The maximum absolute atomic E-state index is 12.6. The number of halogens is 1. The molecule has 0 saturated carbocycles. The van der Waals surface area contributed by atoms with E-state index in [9.17, 15) is 19.5 Å². The van der Waals surface area contributed by atoms with Crippen LogP contribution in [0.1, 0.15) is 31.7 Å². The molecule has 3 rings (SSSR count). The number of aliphatic carboxylic acids is 1. The Bertz CT molecular complexity index is 768. The number of carboxylic acids is 1. The van der Waals surface area contributed by atoms with E-state index in [2.05, 4.69) is 5.32 Å². The van der Waals surface area contributed by atoms with Crippen LogP contribution in [-0.4, -0.2) is 49.5 Å². The average Bonchev–Trinajstić information content (AvgIpc) is 3.05. The van der Waals surface area contributed by atoms with E-state index in [1.807, 2.05) is 0 Å². The maximum atomic E-state index is 12.6. The molecule has 2 aliphatic heterocycles. The molecule has 0 aliphatic carbocycles. The van der Waals surface area contributed by atoms with E-state index in [1.165, 1.54) is 28.0 Å². The molecule has 2 saturated heterocycles. The summed E-state index contributed by atoms with van der Waals surface area (Å²) in [6, 6.07) is 1.46. The number of carbonyl (C=O) groups is 3. The van der Waals surface area contributed by atoms with Gasteiger partial charge in [-0.3, -0.25) is 9.59 Å². The van der Waals surface area contributed by atoms with Crippen molar-refractivity contribution in [2.24, 2.45) is 5.73 Å². The van der Waals surface area contributed by atoms with E-state index < -0.39 is 45.5 Å². The van der Waals surface area contributed by atoms with E-state index in [-0.39, 0.29) is 0 Å². The second kappa shape index (κ2) is 5.87. The summed E-state index contributed by atoms with van der Waals surface area (Å²) >= 11 is 8.44. The van der Waals surface area contributed by atoms with Gasteiger partial charge in [0.25, 0.3) is 5.91 Å². The van der Waals surface area contributed by atoms with Crippen molar-refractivity contribution in [3.63, 3.8) is 0 Å². The topological polar surface area (TPSA) is 113 Å². The van der Waals surface area contributed by atoms with E-state index >= 15 is 0 Å². The average molecular weight is 404 g/mol. The fourth-order valence-corrected chi connectivity index (χ4v) is 6.00. The third-order valence-corrected chi connectivity index (χ3v) is 7.64. The Labute approximate surface area is 157 Å². The fourth-order valence-electron chi connectivity index (χ4n) is 3.30. The van der Waals surface area contributed by atoms with Crippen LogP contribution in [0.2, 0.25) is 4.34 Å². The highest BCUT2D eigenvalue weighted by molar-refractivity contribution is 8.01. The Kier molecular flexibility index (Phi) is 4.34. The number of hydrogen-bond acceptors (Lipinski definition) is 6. The molecule has 2 amide bonds. The van der Waals surface area contributed by atoms with E-state index in [0.717, 1.165) is 0 Å². The van der Waals surface area contributed by atoms with E-state index in [4.69, 9.17) is 17.3 Å². The maximum Gasteiger partial charge on any atom is 0.327 e. The molecule has 0 spiro atoms. The number of β-lactam (4-membered cyclic amide) rings is 1. The first-order valence-corrected chi connectivity index (χ1v) is 9.62. The molecule has 1 aromatic heterocycles. The minimum Gasteiger partial charge on any atom is -0.480 e. The van der Waals surface area contributed by atoms with Crippen LogP contribution in [0.15, 0.2) is 12.1 Å². The molecule has 4 N–H and O–H groups in total. The molecule has 2 aliphatic rings. The predicted molar refractivity (Wildman–Crippen MR) is 96.5 cm³/mol. The SMILES string of the molecule is CC1(C)S[C@H]2N(C(=O)C2(C)NC(=O)C(N)c2ccc(Cl)s2)[C@H]1C(=O)O. The number of amides is 2. The van der Waals surface area contributed by atoms with Gasteiger partial charge in [-0.15, -0.1) is 23.1 Å². The number of carbonyl (C=O) groups excluding carboxylic acids is 2. The third kappa shape index (κ3) is 2.73. The molecule has 0 radical (unpaired) electrons. The summed E-state index contributed by atoms with van der Waals surface area (Å²) in [6.45, 7) is 5.17. The number of carboxylic acid groups (broad SMARTS) is 1. The molecule has 25 heavy (non-hydrogen) atoms. The highest BCUT2D eigenvalue weighted by atomic mass is 35.5. The number of thiophene rings is 1. The van der Waals surface area contributed by atoms with Gasteiger partial charge in [0.2, 0.25) is 5.91 Å². The van der Waals surface area contributed by atoms with E-state index in [0.29, 0.717) is 9.21 Å². The lowest BCUT2D eigenvalue weighted by atomic mass is 9.86. The summed E-state index contributed by atoms with van der Waals surface area (Å²) in [7, 11) is 0. The van der Waals surface area contributed by atoms with Crippen molar-refractivity contribution in [1.29, 1.82) is 0 Å². The molecule has 3 heterocycles. The minimum absolute atomic E-state index is 0.410. The number of fused-ring (bicyclic) bond motifs is 1. The summed E-state index contributed by atoms with van der Waals surface area (Å²) in [4.78, 5) is 38.6. The Morgan fingerprint density at radius 3 is 2.56 bits per heavy atom. The van der Waals surface area contributed by atoms with Gasteiger partial charge >= 0.3 is 5.97 Å². The molecule has 2 unspecified atom stereocenters. The number of rotatable bonds is 4. The second-order valence-electron chi connectivity index (χ2n) is 6.84. The summed E-state index contributed by atoms with van der Waals surface area (Å²) in [5.41, 5.74) is 4.78. The largest absolute Gasteiger partial charge is 0.480 e. The fraction of sp³-hybridized carbons (Fsp3) is 0.533. The molecule has 10 heteroatoms. The molecular formula is C15H18ClN3O4S2. The number of hydrogen-bond donors (Lipinski definition) is 3. The number of nitrogens with one attached hydrogen (secondary N) is 1. The molecule has 7 nitrogen and oxygen atoms in total. The summed E-state index contributed by atoms with van der Waals surface area (Å²) in [5.74, 6) is -1.95.